The van der Waals surface area contributed by atoms with E-state index >= 15 is 0 Å². The number of carbonyl (C=O) groups excluding carboxylic acids is 1. The van der Waals surface area contributed by atoms with Gasteiger partial charge in [-0.1, -0.05) is 6.07 Å². The molecule has 2 rings (SSSR count). The molecule has 1 unspecified atom stereocenters. The maximum atomic E-state index is 11.3. The Labute approximate surface area is 99.2 Å². The van der Waals surface area contributed by atoms with Crippen molar-refractivity contribution in [2.24, 2.45) is 0 Å². The summed E-state index contributed by atoms with van der Waals surface area (Å²) in [6, 6.07) is 5.06. The highest BCUT2D eigenvalue weighted by Gasteiger charge is 2.27. The number of fused-ring (bicyclic) bond motifs is 1. The molecule has 0 radical (unpaired) electrons. The molecule has 0 aliphatic heterocycles. The Morgan fingerprint density at radius 1 is 1.41 bits per heavy atom. The van der Waals surface area contributed by atoms with Crippen molar-refractivity contribution < 1.29 is 9.72 Å². The molecule has 5 heteroatoms. The number of carbonyl (C=O) groups is 1. The van der Waals surface area contributed by atoms with Gasteiger partial charge in [0, 0.05) is 32.1 Å². The van der Waals surface area contributed by atoms with Crippen LogP contribution in [-0.2, 0) is 17.6 Å². The lowest BCUT2D eigenvalue weighted by molar-refractivity contribution is -0.384. The fourth-order valence-corrected chi connectivity index (χ4v) is 2.23. The van der Waals surface area contributed by atoms with Crippen molar-refractivity contribution in [3.8, 4) is 0 Å². The summed E-state index contributed by atoms with van der Waals surface area (Å²) in [4.78, 5) is 23.3. The quantitative estimate of drug-likeness (QED) is 0.576. The van der Waals surface area contributed by atoms with Gasteiger partial charge in [-0.05, 0) is 24.0 Å². The van der Waals surface area contributed by atoms with Crippen LogP contribution in [0.1, 0.15) is 18.1 Å². The largest absolute Gasteiger partial charge is 0.342 e. The number of likely N-dealkylation sites (N-methyl/N-ethyl adjacent to an activating group) is 1. The third-order valence-electron chi connectivity index (χ3n) is 3.36. The van der Waals surface area contributed by atoms with Gasteiger partial charge in [0.15, 0.2) is 0 Å². The van der Waals surface area contributed by atoms with E-state index in [1.54, 1.807) is 24.1 Å². The smallest absolute Gasteiger partial charge is 0.269 e. The van der Waals surface area contributed by atoms with E-state index in [-0.39, 0.29) is 22.6 Å². The summed E-state index contributed by atoms with van der Waals surface area (Å²) in [5.41, 5.74) is 2.21. The molecule has 0 N–H and O–H groups in total. The maximum absolute atomic E-state index is 11.3. The average molecular weight is 234 g/mol. The number of nitro benzene ring substituents is 1. The summed E-state index contributed by atoms with van der Waals surface area (Å²) in [5.74, 6) is 0.0253. The van der Waals surface area contributed by atoms with Crippen molar-refractivity contribution in [1.29, 1.82) is 0 Å². The van der Waals surface area contributed by atoms with Crippen LogP contribution in [0.5, 0.6) is 0 Å². The van der Waals surface area contributed by atoms with Crippen LogP contribution in [-0.4, -0.2) is 28.8 Å². The van der Waals surface area contributed by atoms with Crippen LogP contribution in [0, 0.1) is 10.1 Å². The molecule has 0 heterocycles. The third kappa shape index (κ3) is 2.13. The van der Waals surface area contributed by atoms with Crippen molar-refractivity contribution in [2.45, 2.75) is 25.8 Å². The van der Waals surface area contributed by atoms with E-state index in [0.29, 0.717) is 6.42 Å². The van der Waals surface area contributed by atoms with E-state index < -0.39 is 0 Å². The number of nitrogens with zero attached hydrogens (tertiary/aromatic N) is 2. The Morgan fingerprint density at radius 3 is 2.65 bits per heavy atom. The van der Waals surface area contributed by atoms with E-state index in [9.17, 15) is 14.9 Å². The van der Waals surface area contributed by atoms with Crippen molar-refractivity contribution >= 4 is 11.6 Å². The Morgan fingerprint density at radius 2 is 2.06 bits per heavy atom. The molecule has 1 aliphatic carbocycles. The fraction of sp³-hybridized carbons (Fsp3) is 0.417. The van der Waals surface area contributed by atoms with E-state index in [1.165, 1.54) is 13.0 Å². The Kier molecular flexibility index (Phi) is 2.83. The zero-order chi connectivity index (χ0) is 12.6. The highest BCUT2D eigenvalue weighted by molar-refractivity contribution is 5.73. The average Bonchev–Trinajstić information content (AvgIpc) is 2.69. The van der Waals surface area contributed by atoms with E-state index in [2.05, 4.69) is 0 Å². The molecule has 90 valence electrons. The molecule has 0 bridgehead atoms. The van der Waals surface area contributed by atoms with Crippen LogP contribution in [0.2, 0.25) is 0 Å². The molecular formula is C12H14N2O3. The van der Waals surface area contributed by atoms with Gasteiger partial charge in [0.25, 0.3) is 5.69 Å². The van der Waals surface area contributed by atoms with Crippen LogP contribution in [0.15, 0.2) is 18.2 Å². The van der Waals surface area contributed by atoms with Crippen LogP contribution < -0.4 is 0 Å². The highest BCUT2D eigenvalue weighted by atomic mass is 16.6. The normalized spacial score (nSPS) is 17.6. The molecule has 0 saturated carbocycles. The molecule has 17 heavy (non-hydrogen) atoms. The number of hydrogen-bond donors (Lipinski definition) is 0. The van der Waals surface area contributed by atoms with Crippen molar-refractivity contribution in [3.63, 3.8) is 0 Å². The molecule has 1 atom stereocenters. The van der Waals surface area contributed by atoms with Gasteiger partial charge in [0.2, 0.25) is 5.91 Å². The third-order valence-corrected chi connectivity index (χ3v) is 3.36. The van der Waals surface area contributed by atoms with Crippen molar-refractivity contribution in [2.75, 3.05) is 7.05 Å². The van der Waals surface area contributed by atoms with Gasteiger partial charge in [0.1, 0.15) is 0 Å². The van der Waals surface area contributed by atoms with Gasteiger partial charge in [0.05, 0.1) is 4.92 Å². The molecular weight excluding hydrogens is 220 g/mol. The fourth-order valence-electron chi connectivity index (χ4n) is 2.23. The van der Waals surface area contributed by atoms with Gasteiger partial charge < -0.3 is 4.90 Å². The lowest BCUT2D eigenvalue weighted by atomic mass is 10.1. The predicted molar refractivity (Wildman–Crippen MR) is 62.7 cm³/mol. The van der Waals surface area contributed by atoms with Gasteiger partial charge in [-0.3, -0.25) is 14.9 Å². The minimum atomic E-state index is -0.387. The van der Waals surface area contributed by atoms with E-state index in [1.807, 2.05) is 0 Å². The molecule has 5 nitrogen and oxygen atoms in total. The molecule has 0 aromatic heterocycles. The lowest BCUT2D eigenvalue weighted by Crippen LogP contribution is -2.35. The standard InChI is InChI=1S/C12H14N2O3/c1-8(15)13(2)12-5-9-3-4-11(14(16)17)6-10(9)7-12/h3-4,6,12H,5,7H2,1-2H3. The number of amides is 1. The maximum Gasteiger partial charge on any atom is 0.269 e. The Hall–Kier alpha value is -1.91. The monoisotopic (exact) mass is 234 g/mol. The first-order chi connectivity index (χ1) is 7.99. The second-order valence-corrected chi connectivity index (χ2v) is 4.40. The van der Waals surface area contributed by atoms with Gasteiger partial charge in [-0.25, -0.2) is 0 Å². The SMILES string of the molecule is CC(=O)N(C)C1Cc2ccc([N+](=O)[O-])cc2C1. The predicted octanol–water partition coefficient (Wildman–Crippen LogP) is 1.54. The molecule has 0 spiro atoms. The first-order valence-electron chi connectivity index (χ1n) is 5.48. The van der Waals surface area contributed by atoms with Gasteiger partial charge >= 0.3 is 0 Å². The van der Waals surface area contributed by atoms with E-state index in [0.717, 1.165) is 17.5 Å². The minimum absolute atomic E-state index is 0.0253. The van der Waals surface area contributed by atoms with Crippen LogP contribution in [0.3, 0.4) is 0 Å². The molecule has 1 amide bonds. The molecule has 0 fully saturated rings. The summed E-state index contributed by atoms with van der Waals surface area (Å²) < 4.78 is 0. The summed E-state index contributed by atoms with van der Waals surface area (Å²) >= 11 is 0. The summed E-state index contributed by atoms with van der Waals surface area (Å²) in [7, 11) is 1.77. The number of hydrogen-bond acceptors (Lipinski definition) is 3. The Bertz CT molecular complexity index is 485. The summed E-state index contributed by atoms with van der Waals surface area (Å²) in [5, 5.41) is 10.7. The van der Waals surface area contributed by atoms with E-state index in [4.69, 9.17) is 0 Å². The lowest BCUT2D eigenvalue weighted by Gasteiger charge is -2.22. The Balaban J connectivity index is 2.22. The zero-order valence-corrected chi connectivity index (χ0v) is 9.84. The molecule has 1 aromatic rings. The van der Waals surface area contributed by atoms with Crippen LogP contribution in [0.4, 0.5) is 5.69 Å². The zero-order valence-electron chi connectivity index (χ0n) is 9.84. The van der Waals surface area contributed by atoms with Crippen molar-refractivity contribution in [3.05, 3.63) is 39.4 Å². The second-order valence-electron chi connectivity index (χ2n) is 4.40. The minimum Gasteiger partial charge on any atom is -0.342 e. The van der Waals surface area contributed by atoms with Gasteiger partial charge in [-0.15, -0.1) is 0 Å². The number of non-ortho nitro benzene ring substituents is 1. The summed E-state index contributed by atoms with van der Waals surface area (Å²) in [6.45, 7) is 1.53. The molecule has 0 saturated heterocycles. The summed E-state index contributed by atoms with van der Waals surface area (Å²) in [6.07, 6.45) is 1.48. The number of rotatable bonds is 2. The molecule has 1 aromatic carbocycles. The highest BCUT2D eigenvalue weighted by Crippen LogP contribution is 2.28. The topological polar surface area (TPSA) is 63.5 Å². The van der Waals surface area contributed by atoms with Crippen LogP contribution >= 0.6 is 0 Å². The van der Waals surface area contributed by atoms with Gasteiger partial charge in [-0.2, -0.15) is 0 Å². The molecule has 1 aliphatic rings. The first kappa shape index (κ1) is 11.6. The number of benzene rings is 1. The second kappa shape index (κ2) is 4.16. The first-order valence-corrected chi connectivity index (χ1v) is 5.48. The number of nitro groups is 1. The van der Waals surface area contributed by atoms with Crippen molar-refractivity contribution in [1.82, 2.24) is 4.90 Å². The van der Waals surface area contributed by atoms with Crippen LogP contribution in [0.25, 0.3) is 0 Å².